The number of rotatable bonds is 4. The number of benzene rings is 3. The summed E-state index contributed by atoms with van der Waals surface area (Å²) in [5, 5.41) is 2.95. The van der Waals surface area contributed by atoms with Gasteiger partial charge in [-0.1, -0.05) is 74.1 Å². The van der Waals surface area contributed by atoms with E-state index < -0.39 is 14.2 Å². The summed E-state index contributed by atoms with van der Waals surface area (Å²) in [6.07, 6.45) is -0.397. The Morgan fingerprint density at radius 2 is 1.59 bits per heavy atom. The van der Waals surface area contributed by atoms with Gasteiger partial charge in [-0.3, -0.25) is 0 Å². The molecule has 34 heavy (non-hydrogen) atoms. The minimum absolute atomic E-state index is 0.0589. The predicted molar refractivity (Wildman–Crippen MR) is 151 cm³/mol. The Hall–Kier alpha value is -2.56. The van der Waals surface area contributed by atoms with Gasteiger partial charge in [0, 0.05) is 21.6 Å². The lowest BCUT2D eigenvalue weighted by Crippen LogP contribution is -2.26. The van der Waals surface area contributed by atoms with Gasteiger partial charge in [0.1, 0.15) is 14.7 Å². The fourth-order valence-corrected chi connectivity index (χ4v) is 5.51. The van der Waals surface area contributed by atoms with Crippen LogP contribution in [0, 0.1) is 28.9 Å². The molecule has 0 heterocycles. The molecular weight excluding hydrogens is 549 g/mol. The first-order valence-electron chi connectivity index (χ1n) is 11.6. The van der Waals surface area contributed by atoms with Crippen LogP contribution in [0.3, 0.4) is 0 Å². The molecular formula is C29H30INO2Si. The first kappa shape index (κ1) is 24.6. The summed E-state index contributed by atoms with van der Waals surface area (Å²) in [6.45, 7) is 11.7. The molecule has 5 heteroatoms. The summed E-state index contributed by atoms with van der Waals surface area (Å²) in [7, 11) is -1.48. The highest BCUT2D eigenvalue weighted by molar-refractivity contribution is 14.1. The minimum Gasteiger partial charge on any atom is -0.449 e. The molecule has 0 saturated heterocycles. The van der Waals surface area contributed by atoms with Crippen molar-refractivity contribution in [3.8, 4) is 22.6 Å². The Morgan fingerprint density at radius 3 is 2.18 bits per heavy atom. The molecule has 0 fully saturated rings. The Bertz CT molecular complexity index is 1270. The van der Waals surface area contributed by atoms with Crippen LogP contribution in [0.4, 0.5) is 4.79 Å². The zero-order chi connectivity index (χ0) is 24.5. The van der Waals surface area contributed by atoms with E-state index >= 15 is 0 Å². The number of ether oxygens (including phenoxy) is 1. The Kier molecular flexibility index (Phi) is 7.20. The van der Waals surface area contributed by atoms with E-state index in [4.69, 9.17) is 4.74 Å². The van der Waals surface area contributed by atoms with Gasteiger partial charge in [-0.25, -0.2) is 4.79 Å². The summed E-state index contributed by atoms with van der Waals surface area (Å²) in [5.41, 5.74) is 12.8. The molecule has 0 bridgehead atoms. The summed E-state index contributed by atoms with van der Waals surface area (Å²) in [6, 6.07) is 18.9. The number of carbonyl (C=O) groups is 1. The van der Waals surface area contributed by atoms with Crippen molar-refractivity contribution in [3.05, 3.63) is 91.5 Å². The molecule has 0 aromatic heterocycles. The van der Waals surface area contributed by atoms with Crippen molar-refractivity contribution in [2.75, 3.05) is 6.61 Å². The molecule has 1 aliphatic carbocycles. The van der Waals surface area contributed by atoms with Crippen molar-refractivity contribution in [2.24, 2.45) is 0 Å². The highest BCUT2D eigenvalue weighted by atomic mass is 127. The molecule has 1 aliphatic rings. The van der Waals surface area contributed by atoms with E-state index in [1.54, 1.807) is 0 Å². The Labute approximate surface area is 217 Å². The molecule has 0 unspecified atom stereocenters. The van der Waals surface area contributed by atoms with Crippen molar-refractivity contribution in [2.45, 2.75) is 46.0 Å². The molecule has 0 radical (unpaired) electrons. The van der Waals surface area contributed by atoms with Crippen LogP contribution in [0.15, 0.2) is 54.6 Å². The smallest absolute Gasteiger partial charge is 0.407 e. The molecule has 1 amide bonds. The number of fused-ring (bicyclic) bond motifs is 3. The van der Waals surface area contributed by atoms with E-state index in [-0.39, 0.29) is 5.92 Å². The molecule has 0 atom stereocenters. The van der Waals surface area contributed by atoms with Gasteiger partial charge < -0.3 is 10.1 Å². The van der Waals surface area contributed by atoms with Crippen LogP contribution in [-0.4, -0.2) is 20.8 Å². The van der Waals surface area contributed by atoms with E-state index in [0.717, 1.165) is 20.3 Å². The van der Waals surface area contributed by atoms with Crippen LogP contribution in [-0.2, 0) is 11.3 Å². The Morgan fingerprint density at radius 1 is 1.00 bits per heavy atom. The van der Waals surface area contributed by atoms with E-state index in [2.05, 4.69) is 115 Å². The number of amides is 1. The highest BCUT2D eigenvalue weighted by Gasteiger charge is 2.29. The number of nitrogens with one attached hydrogen (secondary N) is 1. The number of alkyl carbamates (subject to hydrolysis) is 1. The number of hydrogen-bond donors (Lipinski definition) is 1. The third-order valence-corrected chi connectivity index (χ3v) is 8.22. The zero-order valence-electron chi connectivity index (χ0n) is 20.4. The third kappa shape index (κ3) is 5.23. The van der Waals surface area contributed by atoms with Crippen molar-refractivity contribution in [1.29, 1.82) is 0 Å². The largest absolute Gasteiger partial charge is 0.449 e. The zero-order valence-corrected chi connectivity index (χ0v) is 23.5. The van der Waals surface area contributed by atoms with Gasteiger partial charge in [-0.05, 0) is 81.4 Å². The first-order chi connectivity index (χ1) is 16.2. The fourth-order valence-electron chi connectivity index (χ4n) is 4.37. The lowest BCUT2D eigenvalue weighted by molar-refractivity contribution is 0.142. The quantitative estimate of drug-likeness (QED) is 0.202. The lowest BCUT2D eigenvalue weighted by atomic mass is 9.98. The van der Waals surface area contributed by atoms with Crippen molar-refractivity contribution in [1.82, 2.24) is 5.32 Å². The predicted octanol–water partition coefficient (Wildman–Crippen LogP) is 7.18. The third-order valence-electron chi connectivity index (χ3n) is 6.22. The van der Waals surface area contributed by atoms with Crippen LogP contribution >= 0.6 is 22.6 Å². The number of hydrogen-bond acceptors (Lipinski definition) is 2. The van der Waals surface area contributed by atoms with Crippen LogP contribution in [0.1, 0.15) is 39.3 Å². The van der Waals surface area contributed by atoms with Gasteiger partial charge in [0.2, 0.25) is 0 Å². The topological polar surface area (TPSA) is 38.3 Å². The van der Waals surface area contributed by atoms with Gasteiger partial charge in [0.25, 0.3) is 0 Å². The van der Waals surface area contributed by atoms with Gasteiger partial charge in [-0.2, -0.15) is 0 Å². The van der Waals surface area contributed by atoms with Crippen LogP contribution < -0.4 is 5.32 Å². The van der Waals surface area contributed by atoms with Crippen molar-refractivity contribution in [3.63, 3.8) is 0 Å². The van der Waals surface area contributed by atoms with Crippen LogP contribution in [0.5, 0.6) is 0 Å². The molecule has 3 aromatic carbocycles. The monoisotopic (exact) mass is 579 g/mol. The fraction of sp³-hybridized carbons (Fsp3) is 0.276. The van der Waals surface area contributed by atoms with E-state index in [1.807, 2.05) is 12.1 Å². The normalized spacial score (nSPS) is 12.4. The highest BCUT2D eigenvalue weighted by Crippen LogP contribution is 2.44. The molecule has 1 N–H and O–H groups in total. The maximum atomic E-state index is 12.6. The molecule has 3 aromatic rings. The van der Waals surface area contributed by atoms with Gasteiger partial charge >= 0.3 is 6.09 Å². The van der Waals surface area contributed by atoms with Gasteiger partial charge in [0.05, 0.1) is 0 Å². The summed E-state index contributed by atoms with van der Waals surface area (Å²) < 4.78 is 6.86. The molecule has 0 spiro atoms. The number of halogens is 1. The second kappa shape index (κ2) is 9.97. The molecule has 0 aliphatic heterocycles. The minimum atomic E-state index is -1.48. The van der Waals surface area contributed by atoms with Gasteiger partial charge in [0.15, 0.2) is 0 Å². The van der Waals surface area contributed by atoms with Gasteiger partial charge in [-0.15, -0.1) is 5.54 Å². The summed E-state index contributed by atoms with van der Waals surface area (Å²) in [4.78, 5) is 12.6. The van der Waals surface area contributed by atoms with Crippen molar-refractivity contribution >= 4 is 36.8 Å². The second-order valence-electron chi connectivity index (χ2n) is 9.82. The average molecular weight is 580 g/mol. The number of carbonyl (C=O) groups excluding carboxylic acids is 1. The van der Waals surface area contributed by atoms with Crippen LogP contribution in [0.2, 0.25) is 19.6 Å². The average Bonchev–Trinajstić information content (AvgIpc) is 3.12. The van der Waals surface area contributed by atoms with Crippen molar-refractivity contribution < 1.29 is 9.53 Å². The second-order valence-corrected chi connectivity index (χ2v) is 15.7. The maximum Gasteiger partial charge on any atom is 0.407 e. The molecule has 3 nitrogen and oxygen atoms in total. The standard InChI is InChI=1S/C29H30INO2Si/c1-19-21(16-28(30)20(2)22(19)14-15-34(3,4)5)17-31-29(32)33-18-27-25-12-8-6-10-23(25)24-11-7-9-13-26(24)27/h6-13,16,27H,17-18H2,1-5H3,(H,31,32). The van der Waals surface area contributed by atoms with Crippen LogP contribution in [0.25, 0.3) is 11.1 Å². The molecule has 174 valence electrons. The van der Waals surface area contributed by atoms with E-state index in [9.17, 15) is 4.79 Å². The SMILES string of the molecule is Cc1c(I)cc(CNC(=O)OCC2c3ccccc3-c3ccccc32)c(C)c1C#C[Si](C)(C)C. The molecule has 4 rings (SSSR count). The van der Waals surface area contributed by atoms with E-state index in [1.165, 1.54) is 27.8 Å². The van der Waals surface area contributed by atoms with E-state index in [0.29, 0.717) is 13.2 Å². The summed E-state index contributed by atoms with van der Waals surface area (Å²) in [5.74, 6) is 3.49. The summed E-state index contributed by atoms with van der Waals surface area (Å²) >= 11 is 2.35. The molecule has 0 saturated carbocycles. The lowest BCUT2D eigenvalue weighted by Gasteiger charge is -2.16. The Balaban J connectivity index is 1.45. The maximum absolute atomic E-state index is 12.6. The first-order valence-corrected chi connectivity index (χ1v) is 16.1.